The third kappa shape index (κ3) is 4.47. The Bertz CT molecular complexity index is 331. The Hall–Kier alpha value is -1.14. The van der Waals surface area contributed by atoms with Gasteiger partial charge in [-0.3, -0.25) is 14.5 Å². The van der Waals surface area contributed by atoms with Crippen LogP contribution < -0.4 is 5.73 Å². The van der Waals surface area contributed by atoms with Gasteiger partial charge in [-0.05, 0) is 5.41 Å². The number of nitrogens with two attached hydrogens (primary N) is 1. The Balaban J connectivity index is 2.45. The van der Waals surface area contributed by atoms with Crippen LogP contribution >= 0.6 is 0 Å². The van der Waals surface area contributed by atoms with Crippen LogP contribution in [-0.2, 0) is 14.3 Å². The van der Waals surface area contributed by atoms with E-state index in [-0.39, 0.29) is 23.8 Å². The van der Waals surface area contributed by atoms with Crippen molar-refractivity contribution in [2.75, 3.05) is 39.8 Å². The molecule has 1 amide bonds. The fourth-order valence-electron chi connectivity index (χ4n) is 1.94. The second-order valence-corrected chi connectivity index (χ2v) is 6.02. The Morgan fingerprint density at radius 3 is 2.16 bits per heavy atom. The van der Waals surface area contributed by atoms with E-state index in [2.05, 4.69) is 4.74 Å². The highest BCUT2D eigenvalue weighted by Gasteiger charge is 2.32. The van der Waals surface area contributed by atoms with Gasteiger partial charge in [0, 0.05) is 26.2 Å². The molecule has 19 heavy (non-hydrogen) atoms. The molecule has 0 bridgehead atoms. The predicted molar refractivity (Wildman–Crippen MR) is 72.5 cm³/mol. The number of rotatable bonds is 3. The van der Waals surface area contributed by atoms with Gasteiger partial charge in [0.2, 0.25) is 5.91 Å². The van der Waals surface area contributed by atoms with Crippen LogP contribution in [0, 0.1) is 5.41 Å². The summed E-state index contributed by atoms with van der Waals surface area (Å²) in [6.45, 7) is 8.74. The monoisotopic (exact) mass is 271 g/mol. The van der Waals surface area contributed by atoms with E-state index in [1.54, 1.807) is 4.90 Å². The summed E-state index contributed by atoms with van der Waals surface area (Å²) in [5.41, 5.74) is 5.75. The Morgan fingerprint density at radius 2 is 1.74 bits per heavy atom. The molecule has 0 aromatic carbocycles. The van der Waals surface area contributed by atoms with Gasteiger partial charge < -0.3 is 15.4 Å². The number of amides is 1. The summed E-state index contributed by atoms with van der Waals surface area (Å²) >= 11 is 0. The van der Waals surface area contributed by atoms with Crippen LogP contribution in [0.15, 0.2) is 0 Å². The second kappa shape index (κ2) is 6.34. The first-order chi connectivity index (χ1) is 8.75. The van der Waals surface area contributed by atoms with Crippen LogP contribution in [0.4, 0.5) is 0 Å². The van der Waals surface area contributed by atoms with Crippen molar-refractivity contribution < 1.29 is 14.3 Å². The zero-order chi connectivity index (χ0) is 14.6. The summed E-state index contributed by atoms with van der Waals surface area (Å²) in [6.07, 6.45) is 0. The predicted octanol–water partition coefficient (Wildman–Crippen LogP) is -0.323. The molecular weight excluding hydrogens is 246 g/mol. The van der Waals surface area contributed by atoms with Crippen LogP contribution in [0.5, 0.6) is 0 Å². The topological polar surface area (TPSA) is 75.9 Å². The Kier molecular flexibility index (Phi) is 5.31. The molecule has 1 rings (SSSR count). The van der Waals surface area contributed by atoms with Gasteiger partial charge in [-0.25, -0.2) is 0 Å². The maximum atomic E-state index is 12.2. The van der Waals surface area contributed by atoms with Crippen LogP contribution in [0.2, 0.25) is 0 Å². The quantitative estimate of drug-likeness (QED) is 0.712. The lowest BCUT2D eigenvalue weighted by atomic mass is 9.86. The first-order valence-corrected chi connectivity index (χ1v) is 6.59. The van der Waals surface area contributed by atoms with Gasteiger partial charge in [-0.2, -0.15) is 0 Å². The molecule has 1 atom stereocenters. The van der Waals surface area contributed by atoms with Crippen molar-refractivity contribution in [3.05, 3.63) is 0 Å². The molecule has 110 valence electrons. The van der Waals surface area contributed by atoms with E-state index in [0.29, 0.717) is 26.2 Å². The van der Waals surface area contributed by atoms with E-state index in [9.17, 15) is 9.59 Å². The van der Waals surface area contributed by atoms with Gasteiger partial charge in [0.1, 0.15) is 0 Å². The van der Waals surface area contributed by atoms with E-state index in [0.717, 1.165) is 0 Å². The summed E-state index contributed by atoms with van der Waals surface area (Å²) in [4.78, 5) is 27.2. The van der Waals surface area contributed by atoms with Crippen LogP contribution in [0.3, 0.4) is 0 Å². The smallest absolute Gasteiger partial charge is 0.319 e. The number of hydrogen-bond acceptors (Lipinski definition) is 5. The fraction of sp³-hybridized carbons (Fsp3) is 0.846. The molecule has 6 nitrogen and oxygen atoms in total. The van der Waals surface area contributed by atoms with Crippen molar-refractivity contribution in [3.8, 4) is 0 Å². The minimum Gasteiger partial charge on any atom is -0.468 e. The van der Waals surface area contributed by atoms with Gasteiger partial charge in [0.05, 0.1) is 19.7 Å². The van der Waals surface area contributed by atoms with Gasteiger partial charge >= 0.3 is 5.97 Å². The Labute approximate surface area is 114 Å². The largest absolute Gasteiger partial charge is 0.468 e. The number of nitrogens with zero attached hydrogens (tertiary/aromatic N) is 2. The third-order valence-corrected chi connectivity index (χ3v) is 3.46. The molecule has 1 heterocycles. The lowest BCUT2D eigenvalue weighted by Crippen LogP contribution is -2.56. The van der Waals surface area contributed by atoms with E-state index >= 15 is 0 Å². The molecule has 0 unspecified atom stereocenters. The lowest BCUT2D eigenvalue weighted by Gasteiger charge is -2.37. The van der Waals surface area contributed by atoms with Crippen molar-refractivity contribution in [1.29, 1.82) is 0 Å². The minimum atomic E-state index is -0.486. The summed E-state index contributed by atoms with van der Waals surface area (Å²) < 4.78 is 4.63. The number of carbonyl (C=O) groups excluding carboxylic acids is 2. The first kappa shape index (κ1) is 15.9. The molecule has 1 aliphatic rings. The molecule has 2 N–H and O–H groups in total. The third-order valence-electron chi connectivity index (χ3n) is 3.46. The molecule has 0 saturated carbocycles. The number of esters is 1. The van der Waals surface area contributed by atoms with E-state index in [4.69, 9.17) is 5.73 Å². The molecule has 0 spiro atoms. The summed E-state index contributed by atoms with van der Waals surface area (Å²) in [5.74, 6) is -0.253. The van der Waals surface area contributed by atoms with Crippen LogP contribution in [0.1, 0.15) is 20.8 Å². The highest BCUT2D eigenvalue weighted by molar-refractivity contribution is 5.82. The van der Waals surface area contributed by atoms with Crippen molar-refractivity contribution in [3.63, 3.8) is 0 Å². The molecule has 1 saturated heterocycles. The van der Waals surface area contributed by atoms with Gasteiger partial charge in [0.15, 0.2) is 0 Å². The van der Waals surface area contributed by atoms with E-state index in [1.807, 2.05) is 25.7 Å². The average Bonchev–Trinajstić information content (AvgIpc) is 2.36. The van der Waals surface area contributed by atoms with Gasteiger partial charge in [-0.15, -0.1) is 0 Å². The number of methoxy groups -OCH3 is 1. The fourth-order valence-corrected chi connectivity index (χ4v) is 1.94. The zero-order valence-electron chi connectivity index (χ0n) is 12.3. The van der Waals surface area contributed by atoms with Crippen molar-refractivity contribution in [2.45, 2.75) is 26.8 Å². The molecular formula is C13H25N3O3. The molecule has 0 aliphatic carbocycles. The highest BCUT2D eigenvalue weighted by atomic mass is 16.5. The summed E-state index contributed by atoms with van der Waals surface area (Å²) in [7, 11) is 1.38. The standard InChI is InChI=1S/C13H25N3O3/c1-13(2,3)11(14)12(18)16-7-5-15(6-8-16)9-10(17)19-4/h11H,5-9,14H2,1-4H3/t11-/m1/s1. The maximum Gasteiger partial charge on any atom is 0.319 e. The second-order valence-electron chi connectivity index (χ2n) is 6.02. The van der Waals surface area contributed by atoms with E-state index in [1.165, 1.54) is 7.11 Å². The maximum absolute atomic E-state index is 12.2. The number of piperazine rings is 1. The van der Waals surface area contributed by atoms with Crippen molar-refractivity contribution in [1.82, 2.24) is 9.80 Å². The van der Waals surface area contributed by atoms with Gasteiger partial charge in [-0.1, -0.05) is 20.8 Å². The van der Waals surface area contributed by atoms with Crippen LogP contribution in [0.25, 0.3) is 0 Å². The normalized spacial score (nSPS) is 19.1. The Morgan fingerprint density at radius 1 is 1.21 bits per heavy atom. The number of carbonyl (C=O) groups is 2. The molecule has 0 aromatic rings. The molecule has 0 aromatic heterocycles. The van der Waals surface area contributed by atoms with Crippen LogP contribution in [-0.4, -0.2) is 67.6 Å². The average molecular weight is 271 g/mol. The molecule has 0 radical (unpaired) electrons. The van der Waals surface area contributed by atoms with E-state index < -0.39 is 6.04 Å². The summed E-state index contributed by atoms with van der Waals surface area (Å²) in [5, 5.41) is 0. The SMILES string of the molecule is COC(=O)CN1CCN(C(=O)[C@@H](N)C(C)(C)C)CC1. The minimum absolute atomic E-state index is 0.00906. The summed E-state index contributed by atoms with van der Waals surface area (Å²) in [6, 6.07) is -0.486. The van der Waals surface area contributed by atoms with Crippen molar-refractivity contribution in [2.24, 2.45) is 11.1 Å². The van der Waals surface area contributed by atoms with Gasteiger partial charge in [0.25, 0.3) is 0 Å². The number of ether oxygens (including phenoxy) is 1. The first-order valence-electron chi connectivity index (χ1n) is 6.59. The molecule has 1 aliphatic heterocycles. The zero-order valence-corrected chi connectivity index (χ0v) is 12.3. The number of hydrogen-bond donors (Lipinski definition) is 1. The lowest BCUT2D eigenvalue weighted by molar-refractivity contribution is -0.143. The highest BCUT2D eigenvalue weighted by Crippen LogP contribution is 2.19. The molecule has 6 heteroatoms. The van der Waals surface area contributed by atoms with Crippen molar-refractivity contribution >= 4 is 11.9 Å². The molecule has 1 fully saturated rings.